The zero-order valence-electron chi connectivity index (χ0n) is 11.6. The van der Waals surface area contributed by atoms with E-state index in [0.29, 0.717) is 0 Å². The first-order valence-corrected chi connectivity index (χ1v) is 6.75. The van der Waals surface area contributed by atoms with Gasteiger partial charge in [-0.3, -0.25) is 0 Å². The lowest BCUT2D eigenvalue weighted by atomic mass is 10.2. The van der Waals surface area contributed by atoms with Crippen molar-refractivity contribution in [1.82, 2.24) is 0 Å². The molecule has 0 aliphatic rings. The predicted molar refractivity (Wildman–Crippen MR) is 78.1 cm³/mol. The Hall–Kier alpha value is -1.96. The molecule has 0 atom stereocenters. The maximum Gasteiger partial charge on any atom is 0.127 e. The van der Waals surface area contributed by atoms with Crippen molar-refractivity contribution in [1.29, 1.82) is 0 Å². The molecule has 2 heteroatoms. The minimum absolute atomic E-state index is 0.772. The van der Waals surface area contributed by atoms with Crippen molar-refractivity contribution >= 4 is 0 Å². The van der Waals surface area contributed by atoms with E-state index < -0.39 is 0 Å². The smallest absolute Gasteiger partial charge is 0.127 e. The van der Waals surface area contributed by atoms with Crippen LogP contribution in [0.25, 0.3) is 0 Å². The molecule has 100 valence electrons. The highest BCUT2D eigenvalue weighted by molar-refractivity contribution is 5.36. The Morgan fingerprint density at radius 1 is 0.789 bits per heavy atom. The van der Waals surface area contributed by atoms with Crippen LogP contribution in [0.1, 0.15) is 25.3 Å². The fraction of sp³-hybridized carbons (Fsp3) is 0.294. The van der Waals surface area contributed by atoms with Crippen molar-refractivity contribution < 1.29 is 9.47 Å². The number of ether oxygens (including phenoxy) is 2. The maximum absolute atomic E-state index is 5.76. The minimum atomic E-state index is 0.772. The molecule has 0 amide bonds. The number of aryl methyl sites for hydroxylation is 1. The van der Waals surface area contributed by atoms with Crippen LogP contribution in [0.15, 0.2) is 48.5 Å². The average molecular weight is 256 g/mol. The first kappa shape index (κ1) is 13.5. The largest absolute Gasteiger partial charge is 0.494 e. The SMILES string of the molecule is CCCCOc1ccc(Oc2ccc(C)cc2)cc1. The summed E-state index contributed by atoms with van der Waals surface area (Å²) in [5, 5.41) is 0. The van der Waals surface area contributed by atoms with Gasteiger partial charge in [0.25, 0.3) is 0 Å². The summed E-state index contributed by atoms with van der Waals surface area (Å²) in [7, 11) is 0. The van der Waals surface area contributed by atoms with Gasteiger partial charge in [0, 0.05) is 0 Å². The Morgan fingerprint density at radius 3 is 1.89 bits per heavy atom. The van der Waals surface area contributed by atoms with E-state index in [0.717, 1.165) is 36.7 Å². The van der Waals surface area contributed by atoms with Gasteiger partial charge in [-0.2, -0.15) is 0 Å². The molecule has 0 bridgehead atoms. The quantitative estimate of drug-likeness (QED) is 0.680. The molecule has 0 N–H and O–H groups in total. The van der Waals surface area contributed by atoms with E-state index in [1.54, 1.807) is 0 Å². The van der Waals surface area contributed by atoms with Crippen LogP contribution < -0.4 is 9.47 Å². The van der Waals surface area contributed by atoms with Crippen LogP contribution in [-0.2, 0) is 0 Å². The number of hydrogen-bond acceptors (Lipinski definition) is 2. The van der Waals surface area contributed by atoms with Crippen molar-refractivity contribution in [2.75, 3.05) is 6.61 Å². The second-order valence-electron chi connectivity index (χ2n) is 4.59. The third-order valence-corrected chi connectivity index (χ3v) is 2.85. The monoisotopic (exact) mass is 256 g/mol. The molecule has 0 aliphatic carbocycles. The second-order valence-corrected chi connectivity index (χ2v) is 4.59. The van der Waals surface area contributed by atoms with E-state index in [1.807, 2.05) is 48.5 Å². The molecule has 2 nitrogen and oxygen atoms in total. The molecule has 0 unspecified atom stereocenters. The van der Waals surface area contributed by atoms with Gasteiger partial charge in [-0.05, 0) is 49.7 Å². The van der Waals surface area contributed by atoms with Gasteiger partial charge >= 0.3 is 0 Å². The summed E-state index contributed by atoms with van der Waals surface area (Å²) in [5.74, 6) is 2.57. The van der Waals surface area contributed by atoms with E-state index in [9.17, 15) is 0 Å². The molecule has 0 aromatic heterocycles. The number of benzene rings is 2. The Labute approximate surface area is 115 Å². The van der Waals surface area contributed by atoms with E-state index >= 15 is 0 Å². The highest BCUT2D eigenvalue weighted by Crippen LogP contribution is 2.24. The molecule has 0 heterocycles. The van der Waals surface area contributed by atoms with Crippen LogP contribution in [-0.4, -0.2) is 6.61 Å². The van der Waals surface area contributed by atoms with Crippen LogP contribution in [0.4, 0.5) is 0 Å². The van der Waals surface area contributed by atoms with Gasteiger partial charge in [0.05, 0.1) is 6.61 Å². The molecule has 2 aromatic rings. The molecule has 2 aromatic carbocycles. The van der Waals surface area contributed by atoms with Crippen LogP contribution >= 0.6 is 0 Å². The van der Waals surface area contributed by atoms with Crippen LogP contribution in [0.5, 0.6) is 17.2 Å². The Morgan fingerprint density at radius 2 is 1.32 bits per heavy atom. The van der Waals surface area contributed by atoms with E-state index in [-0.39, 0.29) is 0 Å². The van der Waals surface area contributed by atoms with Crippen LogP contribution in [0.3, 0.4) is 0 Å². The third-order valence-electron chi connectivity index (χ3n) is 2.85. The van der Waals surface area contributed by atoms with Gasteiger partial charge in [0.1, 0.15) is 17.2 Å². The Kier molecular flexibility index (Phi) is 4.85. The molecule has 0 fully saturated rings. The summed E-state index contributed by atoms with van der Waals surface area (Å²) >= 11 is 0. The predicted octanol–water partition coefficient (Wildman–Crippen LogP) is 4.97. The zero-order valence-corrected chi connectivity index (χ0v) is 11.6. The minimum Gasteiger partial charge on any atom is -0.494 e. The Bertz CT molecular complexity index is 486. The molecule has 0 radical (unpaired) electrons. The van der Waals surface area contributed by atoms with Gasteiger partial charge in [-0.15, -0.1) is 0 Å². The van der Waals surface area contributed by atoms with E-state index in [1.165, 1.54) is 5.56 Å². The number of hydrogen-bond donors (Lipinski definition) is 0. The first-order valence-electron chi connectivity index (χ1n) is 6.75. The van der Waals surface area contributed by atoms with E-state index in [2.05, 4.69) is 13.8 Å². The maximum atomic E-state index is 5.76. The molecule has 0 saturated carbocycles. The highest BCUT2D eigenvalue weighted by atomic mass is 16.5. The third kappa shape index (κ3) is 4.32. The summed E-state index contributed by atoms with van der Waals surface area (Å²) in [6, 6.07) is 15.8. The number of rotatable bonds is 6. The van der Waals surface area contributed by atoms with Crippen molar-refractivity contribution in [2.24, 2.45) is 0 Å². The fourth-order valence-corrected chi connectivity index (χ4v) is 1.68. The normalized spacial score (nSPS) is 10.2. The van der Waals surface area contributed by atoms with Crippen LogP contribution in [0, 0.1) is 6.92 Å². The van der Waals surface area contributed by atoms with Crippen LogP contribution in [0.2, 0.25) is 0 Å². The molecular weight excluding hydrogens is 236 g/mol. The molecule has 0 aliphatic heterocycles. The summed E-state index contributed by atoms with van der Waals surface area (Å²) < 4.78 is 11.4. The lowest BCUT2D eigenvalue weighted by molar-refractivity contribution is 0.309. The summed E-state index contributed by atoms with van der Waals surface area (Å²) in [6.45, 7) is 4.99. The fourth-order valence-electron chi connectivity index (χ4n) is 1.68. The molecule has 0 saturated heterocycles. The van der Waals surface area contributed by atoms with Crippen molar-refractivity contribution in [3.05, 3.63) is 54.1 Å². The first-order chi connectivity index (χ1) is 9.28. The average Bonchev–Trinajstić information content (AvgIpc) is 2.44. The van der Waals surface area contributed by atoms with Gasteiger partial charge < -0.3 is 9.47 Å². The Balaban J connectivity index is 1.92. The standard InChI is InChI=1S/C17H20O2/c1-3-4-13-18-15-9-11-17(12-10-15)19-16-7-5-14(2)6-8-16/h5-12H,3-4,13H2,1-2H3. The lowest BCUT2D eigenvalue weighted by Crippen LogP contribution is -1.96. The van der Waals surface area contributed by atoms with E-state index in [4.69, 9.17) is 9.47 Å². The summed E-state index contributed by atoms with van der Waals surface area (Å²) in [4.78, 5) is 0. The summed E-state index contributed by atoms with van der Waals surface area (Å²) in [5.41, 5.74) is 1.23. The van der Waals surface area contributed by atoms with Gasteiger partial charge in [-0.25, -0.2) is 0 Å². The van der Waals surface area contributed by atoms with Crippen molar-refractivity contribution in [2.45, 2.75) is 26.7 Å². The highest BCUT2D eigenvalue weighted by Gasteiger charge is 1.98. The molecule has 0 spiro atoms. The topological polar surface area (TPSA) is 18.5 Å². The zero-order chi connectivity index (χ0) is 13.5. The molecular formula is C17H20O2. The van der Waals surface area contributed by atoms with Gasteiger partial charge in [0.15, 0.2) is 0 Å². The lowest BCUT2D eigenvalue weighted by Gasteiger charge is -2.08. The number of unbranched alkanes of at least 4 members (excludes halogenated alkanes) is 1. The van der Waals surface area contributed by atoms with Crippen molar-refractivity contribution in [3.8, 4) is 17.2 Å². The summed E-state index contributed by atoms with van der Waals surface area (Å²) in [6.07, 6.45) is 2.23. The van der Waals surface area contributed by atoms with Gasteiger partial charge in [0.2, 0.25) is 0 Å². The molecule has 19 heavy (non-hydrogen) atoms. The van der Waals surface area contributed by atoms with Gasteiger partial charge in [-0.1, -0.05) is 31.0 Å². The molecule has 2 rings (SSSR count). The second kappa shape index (κ2) is 6.83. The van der Waals surface area contributed by atoms with Crippen molar-refractivity contribution in [3.63, 3.8) is 0 Å².